The van der Waals surface area contributed by atoms with Crippen LogP contribution in [0.5, 0.6) is 5.75 Å². The molecule has 0 aromatic heterocycles. The Morgan fingerprint density at radius 1 is 1.00 bits per heavy atom. The second kappa shape index (κ2) is 10.3. The number of hydrogen-bond acceptors (Lipinski definition) is 3. The normalized spacial score (nSPS) is 14.0. The molecule has 4 nitrogen and oxygen atoms in total. The zero-order valence-corrected chi connectivity index (χ0v) is 18.8. The van der Waals surface area contributed by atoms with E-state index in [0.717, 1.165) is 59.8 Å². The Kier molecular flexibility index (Phi) is 7.22. The van der Waals surface area contributed by atoms with Crippen molar-refractivity contribution in [1.29, 1.82) is 0 Å². The Labute approximate surface area is 197 Å². The molecule has 0 unspecified atom stereocenters. The molecular weight excluding hydrogens is 441 g/mol. The van der Waals surface area contributed by atoms with E-state index in [9.17, 15) is 18.0 Å². The lowest BCUT2D eigenvalue weighted by Crippen LogP contribution is -2.32. The van der Waals surface area contributed by atoms with Crippen molar-refractivity contribution in [1.82, 2.24) is 10.2 Å². The van der Waals surface area contributed by atoms with Crippen LogP contribution in [-0.4, -0.2) is 36.8 Å². The molecular formula is C27H27F3N2O2. The first-order valence-electron chi connectivity index (χ1n) is 11.3. The molecule has 0 spiro atoms. The number of carbonyl (C=O) groups excluding carboxylic acids is 1. The first-order chi connectivity index (χ1) is 16.3. The fraction of sp³-hybridized carbons (Fsp3) is 0.296. The number of fused-ring (bicyclic) bond motifs is 2. The fourth-order valence-corrected chi connectivity index (χ4v) is 4.26. The monoisotopic (exact) mass is 468 g/mol. The quantitative estimate of drug-likeness (QED) is 0.340. The van der Waals surface area contributed by atoms with Crippen LogP contribution in [0.3, 0.4) is 0 Å². The summed E-state index contributed by atoms with van der Waals surface area (Å²) in [6.45, 7) is 6.76. The Bertz CT molecular complexity index is 1190. The molecule has 1 aliphatic heterocycles. The van der Waals surface area contributed by atoms with Crippen molar-refractivity contribution in [2.45, 2.75) is 32.2 Å². The maximum atomic E-state index is 12.5. The van der Waals surface area contributed by atoms with Crippen molar-refractivity contribution in [2.75, 3.05) is 19.6 Å². The van der Waals surface area contributed by atoms with Crippen LogP contribution < -0.4 is 10.1 Å². The van der Waals surface area contributed by atoms with Gasteiger partial charge in [-0.1, -0.05) is 49.0 Å². The molecule has 4 rings (SSSR count). The maximum absolute atomic E-state index is 12.5. The molecule has 34 heavy (non-hydrogen) atoms. The molecule has 1 aliphatic rings. The standard InChI is InChI=1S/C27H27F3N2O2/c1-19(22-9-8-20-6-2-3-7-23(20)16-22)26(33)31-13-4-5-14-32-15-12-21-10-11-25(17-24(21)18-32)34-27(28,29)30/h2-3,6-11,16-17H,1,4-5,12-15,18H2,(H,31,33). The number of carbonyl (C=O) groups is 1. The molecule has 1 N–H and O–H groups in total. The number of benzene rings is 3. The zero-order valence-electron chi connectivity index (χ0n) is 18.8. The van der Waals surface area contributed by atoms with E-state index >= 15 is 0 Å². The third kappa shape index (κ3) is 6.17. The van der Waals surface area contributed by atoms with Gasteiger partial charge < -0.3 is 10.1 Å². The van der Waals surface area contributed by atoms with Gasteiger partial charge in [0.2, 0.25) is 0 Å². The van der Waals surface area contributed by atoms with Gasteiger partial charge in [-0.3, -0.25) is 9.69 Å². The average Bonchev–Trinajstić information content (AvgIpc) is 2.81. The first kappa shape index (κ1) is 23.8. The summed E-state index contributed by atoms with van der Waals surface area (Å²) in [5, 5.41) is 5.11. The molecule has 0 aliphatic carbocycles. The molecule has 0 radical (unpaired) electrons. The number of amides is 1. The minimum absolute atomic E-state index is 0.178. The number of rotatable bonds is 8. The van der Waals surface area contributed by atoms with Crippen LogP contribution in [0.2, 0.25) is 0 Å². The molecule has 1 heterocycles. The molecule has 3 aromatic carbocycles. The lowest BCUT2D eigenvalue weighted by atomic mass is 9.99. The molecule has 0 fully saturated rings. The largest absolute Gasteiger partial charge is 0.573 e. The molecule has 0 bridgehead atoms. The van der Waals surface area contributed by atoms with Crippen molar-refractivity contribution in [2.24, 2.45) is 0 Å². The summed E-state index contributed by atoms with van der Waals surface area (Å²) < 4.78 is 41.5. The van der Waals surface area contributed by atoms with Gasteiger partial charge in [0.1, 0.15) is 5.75 Å². The minimum atomic E-state index is -4.69. The number of hydrogen-bond donors (Lipinski definition) is 1. The van der Waals surface area contributed by atoms with Crippen LogP contribution in [-0.2, 0) is 17.8 Å². The van der Waals surface area contributed by atoms with Gasteiger partial charge in [-0.05, 0) is 71.5 Å². The second-order valence-electron chi connectivity index (χ2n) is 8.51. The molecule has 3 aromatic rings. The number of nitrogens with one attached hydrogen (secondary N) is 1. The topological polar surface area (TPSA) is 41.6 Å². The molecule has 0 saturated heterocycles. The van der Waals surface area contributed by atoms with Crippen molar-refractivity contribution in [3.63, 3.8) is 0 Å². The van der Waals surface area contributed by atoms with Gasteiger partial charge in [-0.15, -0.1) is 13.2 Å². The van der Waals surface area contributed by atoms with Crippen LogP contribution in [0.15, 0.2) is 67.2 Å². The first-order valence-corrected chi connectivity index (χ1v) is 11.3. The smallest absolute Gasteiger partial charge is 0.406 e. The van der Waals surface area contributed by atoms with Gasteiger partial charge in [-0.2, -0.15) is 0 Å². The van der Waals surface area contributed by atoms with Crippen LogP contribution >= 0.6 is 0 Å². The van der Waals surface area contributed by atoms with Gasteiger partial charge in [0, 0.05) is 25.2 Å². The van der Waals surface area contributed by atoms with Crippen LogP contribution in [0.1, 0.15) is 29.5 Å². The number of alkyl halides is 3. The summed E-state index contributed by atoms with van der Waals surface area (Å²) in [6, 6.07) is 18.4. The molecule has 1 amide bonds. The van der Waals surface area contributed by atoms with E-state index in [4.69, 9.17) is 0 Å². The summed E-state index contributed by atoms with van der Waals surface area (Å²) in [6.07, 6.45) is -2.22. The van der Waals surface area contributed by atoms with E-state index in [-0.39, 0.29) is 11.7 Å². The van der Waals surface area contributed by atoms with E-state index < -0.39 is 6.36 Å². The SMILES string of the molecule is C=C(C(=O)NCCCCN1CCc2ccc(OC(F)(F)F)cc2C1)c1ccc2ccccc2c1. The van der Waals surface area contributed by atoms with E-state index in [2.05, 4.69) is 21.5 Å². The summed E-state index contributed by atoms with van der Waals surface area (Å²) >= 11 is 0. The van der Waals surface area contributed by atoms with Gasteiger partial charge >= 0.3 is 6.36 Å². The van der Waals surface area contributed by atoms with Gasteiger partial charge in [-0.25, -0.2) is 0 Å². The van der Waals surface area contributed by atoms with E-state index in [1.54, 1.807) is 6.07 Å². The van der Waals surface area contributed by atoms with E-state index in [0.29, 0.717) is 18.7 Å². The predicted molar refractivity (Wildman–Crippen MR) is 127 cm³/mol. The lowest BCUT2D eigenvalue weighted by molar-refractivity contribution is -0.274. The highest BCUT2D eigenvalue weighted by Crippen LogP contribution is 2.28. The van der Waals surface area contributed by atoms with Gasteiger partial charge in [0.25, 0.3) is 5.91 Å². The minimum Gasteiger partial charge on any atom is -0.406 e. The lowest BCUT2D eigenvalue weighted by Gasteiger charge is -2.29. The Morgan fingerprint density at radius 2 is 1.79 bits per heavy atom. The number of unbranched alkanes of at least 4 members (excludes halogenated alkanes) is 1. The molecule has 0 saturated carbocycles. The molecule has 7 heteroatoms. The zero-order chi connectivity index (χ0) is 24.1. The number of halogens is 3. The Hall–Kier alpha value is -3.32. The molecule has 178 valence electrons. The summed E-state index contributed by atoms with van der Waals surface area (Å²) in [7, 11) is 0. The Balaban J connectivity index is 1.21. The van der Waals surface area contributed by atoms with E-state index in [1.165, 1.54) is 12.1 Å². The van der Waals surface area contributed by atoms with Crippen LogP contribution in [0.25, 0.3) is 16.3 Å². The fourth-order valence-electron chi connectivity index (χ4n) is 4.26. The predicted octanol–water partition coefficient (Wildman–Crippen LogP) is 5.71. The third-order valence-corrected chi connectivity index (χ3v) is 6.06. The second-order valence-corrected chi connectivity index (χ2v) is 8.51. The van der Waals surface area contributed by atoms with Crippen molar-refractivity contribution in [3.8, 4) is 5.75 Å². The number of ether oxygens (including phenoxy) is 1. The van der Waals surface area contributed by atoms with E-state index in [1.807, 2.05) is 42.5 Å². The highest BCUT2D eigenvalue weighted by atomic mass is 19.4. The average molecular weight is 469 g/mol. The van der Waals surface area contributed by atoms with Crippen molar-refractivity contribution < 1.29 is 22.7 Å². The maximum Gasteiger partial charge on any atom is 0.573 e. The van der Waals surface area contributed by atoms with Crippen LogP contribution in [0.4, 0.5) is 13.2 Å². The third-order valence-electron chi connectivity index (χ3n) is 6.06. The van der Waals surface area contributed by atoms with Gasteiger partial charge in [0.15, 0.2) is 0 Å². The summed E-state index contributed by atoms with van der Waals surface area (Å²) in [5.74, 6) is -0.359. The van der Waals surface area contributed by atoms with Crippen molar-refractivity contribution in [3.05, 3.63) is 83.9 Å². The van der Waals surface area contributed by atoms with Crippen molar-refractivity contribution >= 4 is 22.3 Å². The molecule has 0 atom stereocenters. The van der Waals surface area contributed by atoms with Gasteiger partial charge in [0.05, 0.1) is 0 Å². The highest BCUT2D eigenvalue weighted by Gasteiger charge is 2.31. The highest BCUT2D eigenvalue weighted by molar-refractivity contribution is 6.19. The number of nitrogens with zero attached hydrogens (tertiary/aromatic N) is 1. The summed E-state index contributed by atoms with van der Waals surface area (Å²) in [4.78, 5) is 14.7. The Morgan fingerprint density at radius 3 is 2.59 bits per heavy atom. The van der Waals surface area contributed by atoms with Crippen LogP contribution in [0, 0.1) is 0 Å². The summed E-state index contributed by atoms with van der Waals surface area (Å²) in [5.41, 5.74) is 3.17.